The molecule has 2 aromatic rings. The SMILES string of the molecule is O=C(C1CCC(CCO)CC1)N(CCN1CCN(c2ccccc2)CC1)c1ccccn1. The lowest BCUT2D eigenvalue weighted by atomic mass is 9.80. The fourth-order valence-electron chi connectivity index (χ4n) is 5.06. The van der Waals surface area contributed by atoms with E-state index in [0.29, 0.717) is 12.5 Å². The number of carbonyl (C=O) groups is 1. The van der Waals surface area contributed by atoms with E-state index in [-0.39, 0.29) is 18.4 Å². The Morgan fingerprint density at radius 1 is 0.969 bits per heavy atom. The first kappa shape index (κ1) is 22.7. The Morgan fingerprint density at radius 2 is 1.69 bits per heavy atom. The topological polar surface area (TPSA) is 59.9 Å². The summed E-state index contributed by atoms with van der Waals surface area (Å²) in [4.78, 5) is 24.8. The van der Waals surface area contributed by atoms with Gasteiger partial charge in [0.1, 0.15) is 5.82 Å². The van der Waals surface area contributed by atoms with Crippen LogP contribution >= 0.6 is 0 Å². The molecule has 1 aliphatic carbocycles. The molecule has 32 heavy (non-hydrogen) atoms. The number of nitrogens with zero attached hydrogens (tertiary/aromatic N) is 4. The first-order valence-corrected chi connectivity index (χ1v) is 12.1. The molecule has 0 atom stereocenters. The summed E-state index contributed by atoms with van der Waals surface area (Å²) in [6.45, 7) is 5.83. The quantitative estimate of drug-likeness (QED) is 0.687. The monoisotopic (exact) mass is 436 g/mol. The molecule has 0 radical (unpaired) electrons. The molecule has 1 amide bonds. The van der Waals surface area contributed by atoms with Gasteiger partial charge < -0.3 is 10.0 Å². The molecule has 172 valence electrons. The molecule has 1 saturated carbocycles. The number of amides is 1. The van der Waals surface area contributed by atoms with Crippen LogP contribution in [0.1, 0.15) is 32.1 Å². The average molecular weight is 437 g/mol. The molecule has 1 N–H and O–H groups in total. The summed E-state index contributed by atoms with van der Waals surface area (Å²) in [6, 6.07) is 16.4. The van der Waals surface area contributed by atoms with Gasteiger partial charge in [-0.1, -0.05) is 24.3 Å². The van der Waals surface area contributed by atoms with Crippen LogP contribution in [0.2, 0.25) is 0 Å². The molecule has 2 heterocycles. The van der Waals surface area contributed by atoms with Crippen molar-refractivity contribution in [1.29, 1.82) is 0 Å². The van der Waals surface area contributed by atoms with Crippen molar-refractivity contribution in [1.82, 2.24) is 9.88 Å². The Labute approximate surface area is 191 Å². The number of pyridine rings is 1. The van der Waals surface area contributed by atoms with Crippen LogP contribution in [0.4, 0.5) is 11.5 Å². The zero-order valence-electron chi connectivity index (χ0n) is 19.0. The number of benzene rings is 1. The van der Waals surface area contributed by atoms with Crippen LogP contribution in [0.5, 0.6) is 0 Å². The fourth-order valence-corrected chi connectivity index (χ4v) is 5.06. The van der Waals surface area contributed by atoms with Gasteiger partial charge in [-0.15, -0.1) is 0 Å². The Bertz CT molecular complexity index is 816. The molecule has 1 aromatic carbocycles. The lowest BCUT2D eigenvalue weighted by molar-refractivity contribution is -0.123. The summed E-state index contributed by atoms with van der Waals surface area (Å²) in [5, 5.41) is 9.21. The van der Waals surface area contributed by atoms with Crippen LogP contribution in [0.3, 0.4) is 0 Å². The van der Waals surface area contributed by atoms with E-state index >= 15 is 0 Å². The van der Waals surface area contributed by atoms with Crippen molar-refractivity contribution < 1.29 is 9.90 Å². The molecular weight excluding hydrogens is 400 g/mol. The molecule has 1 saturated heterocycles. The number of aliphatic hydroxyl groups excluding tert-OH is 1. The second kappa shape index (κ2) is 11.4. The third kappa shape index (κ3) is 5.87. The fraction of sp³-hybridized carbons (Fsp3) is 0.538. The predicted molar refractivity (Wildman–Crippen MR) is 129 cm³/mol. The van der Waals surface area contributed by atoms with Gasteiger partial charge in [-0.2, -0.15) is 0 Å². The Hall–Kier alpha value is -2.44. The maximum Gasteiger partial charge on any atom is 0.231 e. The van der Waals surface area contributed by atoms with Crippen LogP contribution in [0, 0.1) is 11.8 Å². The highest BCUT2D eigenvalue weighted by Gasteiger charge is 2.31. The molecule has 1 aromatic heterocycles. The van der Waals surface area contributed by atoms with E-state index in [1.807, 2.05) is 23.1 Å². The molecule has 2 fully saturated rings. The first-order valence-electron chi connectivity index (χ1n) is 12.1. The lowest BCUT2D eigenvalue weighted by Crippen LogP contribution is -2.50. The van der Waals surface area contributed by atoms with E-state index in [9.17, 15) is 9.90 Å². The van der Waals surface area contributed by atoms with Crippen LogP contribution in [0.25, 0.3) is 0 Å². The summed E-state index contributed by atoms with van der Waals surface area (Å²) in [6.07, 6.45) is 6.54. The molecule has 6 nitrogen and oxygen atoms in total. The van der Waals surface area contributed by atoms with Gasteiger partial charge >= 0.3 is 0 Å². The number of aliphatic hydroxyl groups is 1. The van der Waals surface area contributed by atoms with E-state index in [1.54, 1.807) is 6.20 Å². The summed E-state index contributed by atoms with van der Waals surface area (Å²) in [7, 11) is 0. The number of hydrogen-bond donors (Lipinski definition) is 1. The minimum atomic E-state index is 0.0712. The van der Waals surface area contributed by atoms with Crippen molar-refractivity contribution in [2.45, 2.75) is 32.1 Å². The zero-order valence-corrected chi connectivity index (χ0v) is 19.0. The number of piperazine rings is 1. The molecule has 1 aliphatic heterocycles. The van der Waals surface area contributed by atoms with Gasteiger partial charge in [0, 0.05) is 63.7 Å². The molecule has 0 bridgehead atoms. The van der Waals surface area contributed by atoms with Gasteiger partial charge in [-0.3, -0.25) is 14.6 Å². The van der Waals surface area contributed by atoms with Crippen LogP contribution in [-0.2, 0) is 4.79 Å². The Morgan fingerprint density at radius 3 is 2.34 bits per heavy atom. The molecule has 4 rings (SSSR count). The third-order valence-corrected chi connectivity index (χ3v) is 7.06. The number of para-hydroxylation sites is 1. The van der Waals surface area contributed by atoms with Crippen molar-refractivity contribution >= 4 is 17.4 Å². The van der Waals surface area contributed by atoms with Crippen LogP contribution < -0.4 is 9.80 Å². The first-order chi connectivity index (χ1) is 15.7. The van der Waals surface area contributed by atoms with Crippen molar-refractivity contribution in [3.63, 3.8) is 0 Å². The van der Waals surface area contributed by atoms with E-state index in [2.05, 4.69) is 45.1 Å². The van der Waals surface area contributed by atoms with Crippen molar-refractivity contribution in [2.24, 2.45) is 11.8 Å². The number of anilines is 2. The average Bonchev–Trinajstić information content (AvgIpc) is 2.86. The van der Waals surface area contributed by atoms with Crippen molar-refractivity contribution in [3.8, 4) is 0 Å². The summed E-state index contributed by atoms with van der Waals surface area (Å²) in [5.74, 6) is 1.61. The Balaban J connectivity index is 1.33. The maximum absolute atomic E-state index is 13.5. The number of carbonyl (C=O) groups excluding carboxylic acids is 1. The van der Waals surface area contributed by atoms with Gasteiger partial charge in [0.05, 0.1) is 0 Å². The zero-order chi connectivity index (χ0) is 22.2. The van der Waals surface area contributed by atoms with Gasteiger partial charge in [0.15, 0.2) is 0 Å². The Kier molecular flexibility index (Phi) is 8.13. The normalized spacial score (nSPS) is 22.0. The summed E-state index contributed by atoms with van der Waals surface area (Å²) in [5.41, 5.74) is 1.29. The van der Waals surface area contributed by atoms with Crippen molar-refractivity contribution in [3.05, 3.63) is 54.7 Å². The highest BCUT2D eigenvalue weighted by molar-refractivity contribution is 5.94. The highest BCUT2D eigenvalue weighted by Crippen LogP contribution is 2.32. The smallest absolute Gasteiger partial charge is 0.231 e. The minimum Gasteiger partial charge on any atom is -0.396 e. The van der Waals surface area contributed by atoms with Crippen molar-refractivity contribution in [2.75, 3.05) is 55.7 Å². The predicted octanol–water partition coefficient (Wildman–Crippen LogP) is 3.43. The highest BCUT2D eigenvalue weighted by atomic mass is 16.3. The molecule has 0 spiro atoms. The second-order valence-electron chi connectivity index (χ2n) is 9.07. The standard InChI is InChI=1S/C26H36N4O2/c31-21-13-22-9-11-23(12-10-22)26(32)30(25-8-4-5-14-27-25)20-17-28-15-18-29(19-16-28)24-6-2-1-3-7-24/h1-8,14,22-23,31H,9-13,15-21H2. The van der Waals surface area contributed by atoms with E-state index in [0.717, 1.165) is 70.6 Å². The number of hydrogen-bond acceptors (Lipinski definition) is 5. The largest absolute Gasteiger partial charge is 0.396 e. The minimum absolute atomic E-state index is 0.0712. The maximum atomic E-state index is 13.5. The summed E-state index contributed by atoms with van der Waals surface area (Å²) >= 11 is 0. The van der Waals surface area contributed by atoms with Crippen LogP contribution in [-0.4, -0.2) is 66.8 Å². The van der Waals surface area contributed by atoms with Gasteiger partial charge in [0.2, 0.25) is 5.91 Å². The molecule has 0 unspecified atom stereocenters. The van der Waals surface area contributed by atoms with Gasteiger partial charge in [0.25, 0.3) is 0 Å². The van der Waals surface area contributed by atoms with E-state index < -0.39 is 0 Å². The summed E-state index contributed by atoms with van der Waals surface area (Å²) < 4.78 is 0. The lowest BCUT2D eigenvalue weighted by Gasteiger charge is -2.37. The van der Waals surface area contributed by atoms with Crippen LogP contribution in [0.15, 0.2) is 54.7 Å². The number of aromatic nitrogens is 1. The molecule has 6 heteroatoms. The van der Waals surface area contributed by atoms with E-state index in [1.165, 1.54) is 5.69 Å². The van der Waals surface area contributed by atoms with E-state index in [4.69, 9.17) is 0 Å². The van der Waals surface area contributed by atoms with Gasteiger partial charge in [-0.05, 0) is 62.3 Å². The molecular formula is C26H36N4O2. The third-order valence-electron chi connectivity index (χ3n) is 7.06. The van der Waals surface area contributed by atoms with Gasteiger partial charge in [-0.25, -0.2) is 4.98 Å². The number of rotatable bonds is 8. The second-order valence-corrected chi connectivity index (χ2v) is 9.07. The molecule has 2 aliphatic rings.